The van der Waals surface area contributed by atoms with Crippen molar-refractivity contribution in [2.75, 3.05) is 5.73 Å². The van der Waals surface area contributed by atoms with E-state index in [0.29, 0.717) is 28.1 Å². The zero-order valence-electron chi connectivity index (χ0n) is 10.8. The molecule has 7 heteroatoms. The van der Waals surface area contributed by atoms with Gasteiger partial charge in [0.2, 0.25) is 0 Å². The molecule has 4 N–H and O–H groups in total. The van der Waals surface area contributed by atoms with Crippen molar-refractivity contribution < 1.29 is 0 Å². The largest absolute Gasteiger partial charge is 0.399 e. The lowest BCUT2D eigenvalue weighted by molar-refractivity contribution is 0.868. The van der Waals surface area contributed by atoms with Gasteiger partial charge in [-0.2, -0.15) is 0 Å². The average Bonchev–Trinajstić information content (AvgIpc) is 2.79. The first kappa shape index (κ1) is 12.7. The van der Waals surface area contributed by atoms with Crippen LogP contribution >= 0.6 is 11.8 Å². The first-order valence-electron chi connectivity index (χ1n) is 6.17. The normalized spacial score (nSPS) is 11.1. The summed E-state index contributed by atoms with van der Waals surface area (Å²) >= 11 is 1.32. The summed E-state index contributed by atoms with van der Waals surface area (Å²) in [4.78, 5) is 26.2. The van der Waals surface area contributed by atoms with Crippen LogP contribution in [-0.4, -0.2) is 19.9 Å². The highest BCUT2D eigenvalue weighted by Crippen LogP contribution is 2.25. The summed E-state index contributed by atoms with van der Waals surface area (Å²) < 4.78 is 0. The summed E-state index contributed by atoms with van der Waals surface area (Å²) in [6.07, 6.45) is 0.681. The highest BCUT2D eigenvalue weighted by molar-refractivity contribution is 7.99. The molecule has 0 saturated heterocycles. The number of aromatic nitrogens is 4. The number of fused-ring (bicyclic) bond motifs is 1. The fourth-order valence-corrected chi connectivity index (χ4v) is 2.68. The molecule has 2 heterocycles. The highest BCUT2D eigenvalue weighted by atomic mass is 32.2. The molecule has 6 nitrogen and oxygen atoms in total. The van der Waals surface area contributed by atoms with E-state index in [-0.39, 0.29) is 5.56 Å². The smallest absolute Gasteiger partial charge is 0.251 e. The van der Waals surface area contributed by atoms with E-state index in [9.17, 15) is 4.79 Å². The van der Waals surface area contributed by atoms with Gasteiger partial charge < -0.3 is 15.7 Å². The third-order valence-corrected chi connectivity index (χ3v) is 3.59. The number of hydrogen-bond donors (Lipinski definition) is 3. The molecule has 3 rings (SSSR count). The number of aryl methyl sites for hydroxylation is 1. The molecule has 0 saturated carbocycles. The van der Waals surface area contributed by atoms with Crippen LogP contribution in [0.5, 0.6) is 0 Å². The molecule has 0 aliphatic heterocycles. The van der Waals surface area contributed by atoms with Gasteiger partial charge in [-0.05, 0) is 30.0 Å². The number of aromatic amines is 2. The average molecular weight is 287 g/mol. The Morgan fingerprint density at radius 3 is 2.90 bits per heavy atom. The number of rotatable bonds is 3. The van der Waals surface area contributed by atoms with Crippen molar-refractivity contribution in [3.05, 3.63) is 40.4 Å². The van der Waals surface area contributed by atoms with Crippen LogP contribution in [0.4, 0.5) is 5.69 Å². The van der Waals surface area contributed by atoms with E-state index >= 15 is 0 Å². The van der Waals surface area contributed by atoms with Crippen LogP contribution in [0.15, 0.2) is 39.2 Å². The van der Waals surface area contributed by atoms with Gasteiger partial charge in [0, 0.05) is 18.2 Å². The van der Waals surface area contributed by atoms with Gasteiger partial charge in [0.25, 0.3) is 5.56 Å². The number of hydrogen-bond acceptors (Lipinski definition) is 5. The maximum absolute atomic E-state index is 11.5. The van der Waals surface area contributed by atoms with Gasteiger partial charge in [-0.3, -0.25) is 4.79 Å². The molecule has 0 fully saturated rings. The molecule has 3 aromatic rings. The summed E-state index contributed by atoms with van der Waals surface area (Å²) in [6, 6.07) is 6.95. The van der Waals surface area contributed by atoms with E-state index in [1.54, 1.807) is 6.07 Å². The minimum absolute atomic E-state index is 0.153. The predicted molar refractivity (Wildman–Crippen MR) is 78.9 cm³/mol. The summed E-state index contributed by atoms with van der Waals surface area (Å²) in [5.74, 6) is 0.667. The number of nitrogen functional groups attached to an aromatic ring is 1. The van der Waals surface area contributed by atoms with Gasteiger partial charge in [0.1, 0.15) is 10.9 Å². The first-order valence-corrected chi connectivity index (χ1v) is 6.99. The molecule has 0 radical (unpaired) electrons. The topological polar surface area (TPSA) is 100 Å². The van der Waals surface area contributed by atoms with Crippen LogP contribution in [0.25, 0.3) is 11.0 Å². The van der Waals surface area contributed by atoms with E-state index in [1.807, 2.05) is 19.1 Å². The van der Waals surface area contributed by atoms with Gasteiger partial charge in [0.05, 0.1) is 11.0 Å². The Hall–Kier alpha value is -2.28. The van der Waals surface area contributed by atoms with Gasteiger partial charge >= 0.3 is 0 Å². The second-order valence-corrected chi connectivity index (χ2v) is 5.31. The summed E-state index contributed by atoms with van der Waals surface area (Å²) in [5.41, 5.74) is 7.96. The predicted octanol–water partition coefficient (Wildman–Crippen LogP) is 1.94. The Bertz CT molecular complexity index is 823. The molecule has 0 aliphatic rings. The zero-order valence-corrected chi connectivity index (χ0v) is 11.6. The Morgan fingerprint density at radius 1 is 1.25 bits per heavy atom. The Labute approximate surface area is 118 Å². The van der Waals surface area contributed by atoms with Crippen molar-refractivity contribution in [1.82, 2.24) is 19.9 Å². The molecule has 0 bridgehead atoms. The van der Waals surface area contributed by atoms with Gasteiger partial charge in [-0.15, -0.1) is 0 Å². The third kappa shape index (κ3) is 2.53. The minimum atomic E-state index is -0.153. The Kier molecular flexibility index (Phi) is 3.19. The molecule has 0 unspecified atom stereocenters. The van der Waals surface area contributed by atoms with Crippen LogP contribution in [-0.2, 0) is 6.42 Å². The van der Waals surface area contributed by atoms with Crippen molar-refractivity contribution in [3.63, 3.8) is 0 Å². The van der Waals surface area contributed by atoms with E-state index in [4.69, 9.17) is 5.73 Å². The second-order valence-electron chi connectivity index (χ2n) is 4.30. The molecular weight excluding hydrogens is 274 g/mol. The molecule has 20 heavy (non-hydrogen) atoms. The summed E-state index contributed by atoms with van der Waals surface area (Å²) in [6.45, 7) is 1.94. The van der Waals surface area contributed by atoms with E-state index in [1.165, 1.54) is 17.8 Å². The van der Waals surface area contributed by atoms with Crippen LogP contribution in [0.2, 0.25) is 0 Å². The molecule has 0 spiro atoms. The highest BCUT2D eigenvalue weighted by Gasteiger charge is 2.07. The number of nitrogens with zero attached hydrogens (tertiary/aromatic N) is 2. The first-order chi connectivity index (χ1) is 9.64. The van der Waals surface area contributed by atoms with Crippen LogP contribution < -0.4 is 11.3 Å². The molecule has 1 aromatic carbocycles. The number of nitrogens with two attached hydrogens (primary N) is 1. The maximum atomic E-state index is 11.5. The Morgan fingerprint density at radius 2 is 2.10 bits per heavy atom. The monoisotopic (exact) mass is 287 g/mol. The quantitative estimate of drug-likeness (QED) is 0.505. The molecule has 102 valence electrons. The molecule has 2 aromatic heterocycles. The van der Waals surface area contributed by atoms with E-state index in [2.05, 4.69) is 19.9 Å². The van der Waals surface area contributed by atoms with Crippen LogP contribution in [0.3, 0.4) is 0 Å². The molecule has 0 aliphatic carbocycles. The molecule has 0 amide bonds. The SMILES string of the molecule is CCc1nc(Sc2nc3ccc(N)cc3[nH]2)cc(=O)[nH]1. The third-order valence-electron chi connectivity index (χ3n) is 2.79. The summed E-state index contributed by atoms with van der Waals surface area (Å²) in [7, 11) is 0. The van der Waals surface area contributed by atoms with E-state index in [0.717, 1.165) is 11.0 Å². The van der Waals surface area contributed by atoms with E-state index < -0.39 is 0 Å². The Balaban J connectivity index is 1.96. The number of nitrogens with one attached hydrogen (secondary N) is 2. The lowest BCUT2D eigenvalue weighted by Gasteiger charge is -1.99. The van der Waals surface area contributed by atoms with Gasteiger partial charge in [0.15, 0.2) is 5.16 Å². The van der Waals surface area contributed by atoms with Crippen molar-refractivity contribution in [2.24, 2.45) is 0 Å². The number of anilines is 1. The number of benzene rings is 1. The standard InChI is InChI=1S/C13H13N5OS/c1-2-10-17-11(19)6-12(18-10)20-13-15-8-4-3-7(14)5-9(8)16-13/h3-6H,2,14H2,1H3,(H,15,16)(H,17,18,19). The summed E-state index contributed by atoms with van der Waals surface area (Å²) in [5, 5.41) is 1.31. The zero-order chi connectivity index (χ0) is 14.1. The van der Waals surface area contributed by atoms with Gasteiger partial charge in [-0.25, -0.2) is 9.97 Å². The van der Waals surface area contributed by atoms with Crippen molar-refractivity contribution in [2.45, 2.75) is 23.5 Å². The van der Waals surface area contributed by atoms with Gasteiger partial charge in [-0.1, -0.05) is 6.92 Å². The molecule has 0 atom stereocenters. The molecular formula is C13H13N5OS. The lowest BCUT2D eigenvalue weighted by Crippen LogP contribution is -2.10. The fraction of sp³-hybridized carbons (Fsp3) is 0.154. The van der Waals surface area contributed by atoms with Crippen molar-refractivity contribution in [1.29, 1.82) is 0 Å². The minimum Gasteiger partial charge on any atom is -0.399 e. The second kappa shape index (κ2) is 5.01. The number of H-pyrrole nitrogens is 2. The fourth-order valence-electron chi connectivity index (χ4n) is 1.85. The maximum Gasteiger partial charge on any atom is 0.251 e. The van der Waals surface area contributed by atoms with Crippen molar-refractivity contribution in [3.8, 4) is 0 Å². The van der Waals surface area contributed by atoms with Crippen LogP contribution in [0.1, 0.15) is 12.7 Å². The lowest BCUT2D eigenvalue weighted by atomic mass is 10.3. The van der Waals surface area contributed by atoms with Crippen LogP contribution in [0, 0.1) is 0 Å². The van der Waals surface area contributed by atoms with Crippen molar-refractivity contribution >= 4 is 28.5 Å². The number of imidazole rings is 1.